The lowest BCUT2D eigenvalue weighted by molar-refractivity contribution is 0.108. The molecule has 2 rings (SSSR count). The molecule has 0 unspecified atom stereocenters. The molecule has 11 heavy (non-hydrogen) atoms. The zero-order valence-corrected chi connectivity index (χ0v) is 7.53. The van der Waals surface area contributed by atoms with Crippen LogP contribution >= 0.6 is 0 Å². The Morgan fingerprint density at radius 2 is 1.82 bits per heavy atom. The Morgan fingerprint density at radius 3 is 2.27 bits per heavy atom. The molecule has 2 aliphatic rings. The van der Waals surface area contributed by atoms with Gasteiger partial charge in [0, 0.05) is 5.54 Å². The van der Waals surface area contributed by atoms with E-state index in [0.29, 0.717) is 5.54 Å². The number of hydrogen-bond donors (Lipinski definition) is 1. The minimum Gasteiger partial charge on any atom is -0.311 e. The fourth-order valence-electron chi connectivity index (χ4n) is 2.61. The molecule has 0 radical (unpaired) electrons. The van der Waals surface area contributed by atoms with E-state index in [1.165, 1.54) is 45.1 Å². The van der Waals surface area contributed by atoms with Gasteiger partial charge in [-0.05, 0) is 38.6 Å². The van der Waals surface area contributed by atoms with Crippen LogP contribution in [0.5, 0.6) is 0 Å². The maximum Gasteiger partial charge on any atom is 0.0193 e. The van der Waals surface area contributed by atoms with Gasteiger partial charge in [-0.15, -0.1) is 0 Å². The number of hydrogen-bond acceptors (Lipinski definition) is 1. The second-order valence-corrected chi connectivity index (χ2v) is 4.43. The van der Waals surface area contributed by atoms with Crippen molar-refractivity contribution in [1.29, 1.82) is 0 Å². The maximum atomic E-state index is 3.59. The summed E-state index contributed by atoms with van der Waals surface area (Å²) in [7, 11) is 0. The predicted octanol–water partition coefficient (Wildman–Crippen LogP) is 2.32. The van der Waals surface area contributed by atoms with Gasteiger partial charge in [-0.1, -0.05) is 19.3 Å². The largest absolute Gasteiger partial charge is 0.311 e. The first-order chi connectivity index (χ1) is 5.31. The first kappa shape index (κ1) is 7.60. The lowest BCUT2D eigenvalue weighted by atomic mass is 9.71. The average Bonchev–Trinajstić information content (AvgIpc) is 2.02. The smallest absolute Gasteiger partial charge is 0.0193 e. The molecule has 1 saturated carbocycles. The highest BCUT2D eigenvalue weighted by molar-refractivity contribution is 4.98. The summed E-state index contributed by atoms with van der Waals surface area (Å²) in [5.74, 6) is 0.991. The van der Waals surface area contributed by atoms with E-state index in [1.54, 1.807) is 0 Å². The van der Waals surface area contributed by atoms with Crippen LogP contribution in [0.15, 0.2) is 0 Å². The van der Waals surface area contributed by atoms with E-state index in [2.05, 4.69) is 12.2 Å². The van der Waals surface area contributed by atoms with Gasteiger partial charge < -0.3 is 5.32 Å². The summed E-state index contributed by atoms with van der Waals surface area (Å²) in [4.78, 5) is 0. The van der Waals surface area contributed by atoms with Crippen molar-refractivity contribution < 1.29 is 0 Å². The van der Waals surface area contributed by atoms with Crippen LogP contribution in [0.3, 0.4) is 0 Å². The van der Waals surface area contributed by atoms with Gasteiger partial charge >= 0.3 is 0 Å². The zero-order valence-electron chi connectivity index (χ0n) is 7.53. The summed E-state index contributed by atoms with van der Waals surface area (Å²) in [5.41, 5.74) is 0.542. The molecule has 1 N–H and O–H groups in total. The average molecular weight is 153 g/mol. The molecule has 0 aromatic heterocycles. The van der Waals surface area contributed by atoms with E-state index in [-0.39, 0.29) is 0 Å². The topological polar surface area (TPSA) is 12.0 Å². The number of rotatable bonds is 1. The summed E-state index contributed by atoms with van der Waals surface area (Å²) in [6, 6.07) is 0. The minimum atomic E-state index is 0.542. The summed E-state index contributed by atoms with van der Waals surface area (Å²) < 4.78 is 0. The lowest BCUT2D eigenvalue weighted by Crippen LogP contribution is -2.59. The Labute approximate surface area is 69.6 Å². The van der Waals surface area contributed by atoms with Gasteiger partial charge in [0.1, 0.15) is 0 Å². The molecular weight excluding hydrogens is 134 g/mol. The maximum absolute atomic E-state index is 3.59. The van der Waals surface area contributed by atoms with Crippen LogP contribution in [0, 0.1) is 5.92 Å². The third-order valence-corrected chi connectivity index (χ3v) is 3.68. The molecule has 1 aliphatic carbocycles. The second-order valence-electron chi connectivity index (χ2n) is 4.43. The van der Waals surface area contributed by atoms with Crippen LogP contribution in [-0.4, -0.2) is 12.1 Å². The molecule has 0 aromatic rings. The highest BCUT2D eigenvalue weighted by atomic mass is 15.0. The molecule has 1 atom stereocenters. The van der Waals surface area contributed by atoms with E-state index >= 15 is 0 Å². The molecule has 0 spiro atoms. The highest BCUT2D eigenvalue weighted by Gasteiger charge is 2.39. The van der Waals surface area contributed by atoms with Crippen molar-refractivity contribution in [3.63, 3.8) is 0 Å². The molecule has 1 aliphatic heterocycles. The van der Waals surface area contributed by atoms with Crippen LogP contribution in [0.4, 0.5) is 0 Å². The van der Waals surface area contributed by atoms with Gasteiger partial charge in [-0.2, -0.15) is 0 Å². The third-order valence-electron chi connectivity index (χ3n) is 3.68. The summed E-state index contributed by atoms with van der Waals surface area (Å²) in [5, 5.41) is 3.59. The van der Waals surface area contributed by atoms with E-state index < -0.39 is 0 Å². The molecular formula is C10H19N. The summed E-state index contributed by atoms with van der Waals surface area (Å²) in [6.45, 7) is 3.67. The van der Waals surface area contributed by atoms with Crippen molar-refractivity contribution in [3.8, 4) is 0 Å². The zero-order chi connectivity index (χ0) is 7.73. The first-order valence-electron chi connectivity index (χ1n) is 5.06. The van der Waals surface area contributed by atoms with Gasteiger partial charge in [0.15, 0.2) is 0 Å². The molecule has 1 nitrogen and oxygen atoms in total. The molecule has 0 amide bonds. The Hall–Kier alpha value is -0.0400. The Balaban J connectivity index is 1.91. The first-order valence-corrected chi connectivity index (χ1v) is 5.06. The quantitative estimate of drug-likeness (QED) is 0.609. The summed E-state index contributed by atoms with van der Waals surface area (Å²) in [6.07, 6.45) is 8.79. The molecule has 0 bridgehead atoms. The van der Waals surface area contributed by atoms with Gasteiger partial charge in [0.2, 0.25) is 0 Å². The second kappa shape index (κ2) is 2.78. The molecule has 1 heterocycles. The van der Waals surface area contributed by atoms with Crippen LogP contribution < -0.4 is 5.32 Å². The van der Waals surface area contributed by atoms with Crippen molar-refractivity contribution in [2.24, 2.45) is 5.92 Å². The highest BCUT2D eigenvalue weighted by Crippen LogP contribution is 2.37. The van der Waals surface area contributed by atoms with Gasteiger partial charge in [0.05, 0.1) is 0 Å². The predicted molar refractivity (Wildman–Crippen MR) is 47.6 cm³/mol. The lowest BCUT2D eigenvalue weighted by Gasteiger charge is -2.48. The van der Waals surface area contributed by atoms with Gasteiger partial charge in [-0.3, -0.25) is 0 Å². The van der Waals surface area contributed by atoms with Crippen molar-refractivity contribution in [1.82, 2.24) is 5.32 Å². The SMILES string of the molecule is C[C@@]1(C2CCCCC2)CCN1. The third kappa shape index (κ3) is 1.31. The van der Waals surface area contributed by atoms with E-state index in [1.807, 2.05) is 0 Å². The van der Waals surface area contributed by atoms with Crippen LogP contribution in [0.2, 0.25) is 0 Å². The van der Waals surface area contributed by atoms with E-state index in [0.717, 1.165) is 5.92 Å². The monoisotopic (exact) mass is 153 g/mol. The fourth-order valence-corrected chi connectivity index (χ4v) is 2.61. The molecule has 2 fully saturated rings. The van der Waals surface area contributed by atoms with Gasteiger partial charge in [0.25, 0.3) is 0 Å². The minimum absolute atomic E-state index is 0.542. The van der Waals surface area contributed by atoms with Crippen molar-refractivity contribution in [2.45, 2.75) is 51.0 Å². The standard InChI is InChI=1S/C10H19N/c1-10(7-8-11-10)9-5-3-2-4-6-9/h9,11H,2-8H2,1H3/t10-/m0/s1. The van der Waals surface area contributed by atoms with E-state index in [4.69, 9.17) is 0 Å². The van der Waals surface area contributed by atoms with E-state index in [9.17, 15) is 0 Å². The van der Waals surface area contributed by atoms with Gasteiger partial charge in [-0.25, -0.2) is 0 Å². The van der Waals surface area contributed by atoms with Crippen molar-refractivity contribution in [2.75, 3.05) is 6.54 Å². The van der Waals surface area contributed by atoms with Crippen LogP contribution in [-0.2, 0) is 0 Å². The molecule has 1 saturated heterocycles. The van der Waals surface area contributed by atoms with Crippen molar-refractivity contribution >= 4 is 0 Å². The van der Waals surface area contributed by atoms with Crippen LogP contribution in [0.1, 0.15) is 45.4 Å². The Kier molecular flexibility index (Phi) is 1.92. The van der Waals surface area contributed by atoms with Crippen molar-refractivity contribution in [3.05, 3.63) is 0 Å². The normalized spacial score (nSPS) is 40.1. The molecule has 64 valence electrons. The molecule has 1 heteroatoms. The Morgan fingerprint density at radius 1 is 1.18 bits per heavy atom. The Bertz CT molecular complexity index is 132. The van der Waals surface area contributed by atoms with Crippen LogP contribution in [0.25, 0.3) is 0 Å². The molecule has 0 aromatic carbocycles. The summed E-state index contributed by atoms with van der Waals surface area (Å²) >= 11 is 0. The number of nitrogens with one attached hydrogen (secondary N) is 1. The fraction of sp³-hybridized carbons (Fsp3) is 1.00.